The molecule has 0 spiro atoms. The van der Waals surface area contributed by atoms with E-state index in [-0.39, 0.29) is 46.5 Å². The molecule has 2 amide bonds. The Labute approximate surface area is 300 Å². The van der Waals surface area contributed by atoms with E-state index in [4.69, 9.17) is 14.0 Å². The summed E-state index contributed by atoms with van der Waals surface area (Å²) in [5.74, 6) is -1.94. The van der Waals surface area contributed by atoms with Gasteiger partial charge in [0.2, 0.25) is 0 Å². The van der Waals surface area contributed by atoms with Gasteiger partial charge in [-0.2, -0.15) is 8.42 Å². The van der Waals surface area contributed by atoms with Crippen LogP contribution in [0.2, 0.25) is 0 Å². The van der Waals surface area contributed by atoms with Crippen molar-refractivity contribution in [1.29, 1.82) is 0 Å². The van der Waals surface area contributed by atoms with E-state index in [2.05, 4.69) is 29.4 Å². The third-order valence-corrected chi connectivity index (χ3v) is 11.6. The van der Waals surface area contributed by atoms with Crippen LogP contribution >= 0.6 is 0 Å². The fourth-order valence-corrected chi connectivity index (χ4v) is 8.76. The molecule has 0 atom stereocenters. The van der Waals surface area contributed by atoms with Gasteiger partial charge in [0, 0.05) is 48.4 Å². The van der Waals surface area contributed by atoms with E-state index in [0.717, 1.165) is 44.2 Å². The second-order valence-electron chi connectivity index (χ2n) is 12.8. The molecule has 3 aromatic carbocycles. The van der Waals surface area contributed by atoms with Crippen molar-refractivity contribution in [3.8, 4) is 17.2 Å². The van der Waals surface area contributed by atoms with Crippen molar-refractivity contribution >= 4 is 43.1 Å². The number of amides is 2. The average molecular weight is 746 g/mol. The number of carbonyl (C=O) groups is 2. The number of unbranched alkanes of at least 4 members (excludes halogenated alkanes) is 2. The zero-order chi connectivity index (χ0) is 37.2. The van der Waals surface area contributed by atoms with E-state index < -0.39 is 49.5 Å². The number of carbonyl (C=O) groups excluding carboxylic acids is 2. The molecule has 0 fully saturated rings. The summed E-state index contributed by atoms with van der Waals surface area (Å²) < 4.78 is 71.0. The molecule has 0 aromatic heterocycles. The summed E-state index contributed by atoms with van der Waals surface area (Å²) in [4.78, 5) is 27.8. The molecule has 0 aliphatic carbocycles. The van der Waals surface area contributed by atoms with Crippen LogP contribution in [0.1, 0.15) is 68.3 Å². The number of para-hydroxylation sites is 1. The van der Waals surface area contributed by atoms with Crippen LogP contribution in [0.25, 0.3) is 0 Å². The van der Waals surface area contributed by atoms with Crippen LogP contribution in [0.3, 0.4) is 0 Å². The first-order chi connectivity index (χ1) is 24.2. The van der Waals surface area contributed by atoms with Crippen molar-refractivity contribution in [2.75, 3.05) is 43.2 Å². The molecule has 0 bridgehead atoms. The fourth-order valence-electron chi connectivity index (χ4n) is 6.29. The number of anilines is 2. The molecule has 1 aliphatic rings. The predicted molar refractivity (Wildman–Crippen MR) is 194 cm³/mol. The van der Waals surface area contributed by atoms with Crippen LogP contribution in [-0.4, -0.2) is 76.6 Å². The van der Waals surface area contributed by atoms with Crippen LogP contribution in [-0.2, 0) is 31.3 Å². The number of benzene rings is 3. The second kappa shape index (κ2) is 17.2. The summed E-state index contributed by atoms with van der Waals surface area (Å²) in [6.45, 7) is 3.68. The summed E-state index contributed by atoms with van der Waals surface area (Å²) in [7, 11) is -6.69. The minimum absolute atomic E-state index is 0.0129. The number of fused-ring (bicyclic) bond motifs is 1. The quantitative estimate of drug-likeness (QED) is 0.136. The topological polar surface area (TPSA) is 189 Å². The lowest BCUT2D eigenvalue weighted by Crippen LogP contribution is -2.38. The van der Waals surface area contributed by atoms with Crippen LogP contribution < -0.4 is 25.0 Å². The highest BCUT2D eigenvalue weighted by Gasteiger charge is 2.42. The maximum atomic E-state index is 14.3. The minimum Gasteiger partial charge on any atom is -0.508 e. The van der Waals surface area contributed by atoms with Gasteiger partial charge in [-0.15, -0.1) is 0 Å². The van der Waals surface area contributed by atoms with E-state index >= 15 is 0 Å². The summed E-state index contributed by atoms with van der Waals surface area (Å²) in [6, 6.07) is 16.6. The summed E-state index contributed by atoms with van der Waals surface area (Å²) in [6.07, 6.45) is 5.20. The lowest BCUT2D eigenvalue weighted by Gasteiger charge is -2.37. The Morgan fingerprint density at radius 3 is 2.27 bits per heavy atom. The van der Waals surface area contributed by atoms with Crippen LogP contribution in [0.15, 0.2) is 65.6 Å². The molecule has 278 valence electrons. The molecule has 1 aliphatic heterocycles. The number of aromatic hydroxyl groups is 1. The number of sulfone groups is 1. The Morgan fingerprint density at radius 2 is 1.65 bits per heavy atom. The highest BCUT2D eigenvalue weighted by Crippen LogP contribution is 2.48. The zero-order valence-electron chi connectivity index (χ0n) is 29.2. The molecule has 0 saturated carbocycles. The smallest absolute Gasteiger partial charge is 0.266 e. The molecule has 0 saturated heterocycles. The molecule has 51 heavy (non-hydrogen) atoms. The third-order valence-electron chi connectivity index (χ3n) is 8.87. The Bertz CT molecular complexity index is 1890. The van der Waals surface area contributed by atoms with E-state index in [1.54, 1.807) is 6.07 Å². The monoisotopic (exact) mass is 745 g/mol. The van der Waals surface area contributed by atoms with Crippen LogP contribution in [0, 0.1) is 5.41 Å². The number of hydrogen-bond acceptors (Lipinski definition) is 10. The molecule has 13 nitrogen and oxygen atoms in total. The minimum atomic E-state index is -4.30. The number of hydrogen-bond donors (Lipinski definition) is 4. The van der Waals surface area contributed by atoms with Crippen molar-refractivity contribution < 1.29 is 45.6 Å². The Balaban J connectivity index is 1.59. The van der Waals surface area contributed by atoms with Crippen LogP contribution in [0.5, 0.6) is 17.2 Å². The van der Waals surface area contributed by atoms with Gasteiger partial charge in [0.1, 0.15) is 5.75 Å². The van der Waals surface area contributed by atoms with Gasteiger partial charge in [-0.1, -0.05) is 63.8 Å². The zero-order valence-corrected chi connectivity index (χ0v) is 30.8. The van der Waals surface area contributed by atoms with Crippen molar-refractivity contribution in [3.63, 3.8) is 0 Å². The van der Waals surface area contributed by atoms with Crippen LogP contribution in [0.4, 0.5) is 11.4 Å². The standard InChI is InChI=1S/C36H47N3O10S2/c1-4-6-15-36(16-7-5-2)24-39(27-11-9-8-10-12-27)30-20-31(48-3)32(21-33(30)50(43,44)25-36)49-23-34(41)38-22-26-13-14-28(40)19-29(26)35(42)37-17-18-51(45,46)47/h8-14,19-21,40H,4-7,15-18,22-25H2,1-3H3,(H,37,42)(H,38,41)(H,45,46,47). The van der Waals surface area contributed by atoms with Crippen molar-refractivity contribution in [1.82, 2.24) is 10.6 Å². The number of ether oxygens (including phenoxy) is 2. The molecular formula is C36H47N3O10S2. The van der Waals surface area contributed by atoms with Gasteiger partial charge in [0.15, 0.2) is 27.9 Å². The number of phenolic OH excluding ortho intramolecular Hbond substituents is 1. The molecule has 4 rings (SSSR count). The van der Waals surface area contributed by atoms with E-state index in [0.29, 0.717) is 17.8 Å². The molecular weight excluding hydrogens is 699 g/mol. The molecule has 0 unspecified atom stereocenters. The van der Waals surface area contributed by atoms with E-state index in [9.17, 15) is 31.5 Å². The normalized spacial score (nSPS) is 14.9. The van der Waals surface area contributed by atoms with Gasteiger partial charge in [0.05, 0.1) is 29.2 Å². The number of nitrogens with one attached hydrogen (secondary N) is 2. The summed E-state index contributed by atoms with van der Waals surface area (Å²) >= 11 is 0. The average Bonchev–Trinajstić information content (AvgIpc) is 3.19. The fraction of sp³-hybridized carbons (Fsp3) is 0.444. The maximum Gasteiger partial charge on any atom is 0.266 e. The molecule has 0 radical (unpaired) electrons. The largest absolute Gasteiger partial charge is 0.508 e. The van der Waals surface area contributed by atoms with Gasteiger partial charge in [-0.25, -0.2) is 8.42 Å². The Kier molecular flexibility index (Phi) is 13.3. The maximum absolute atomic E-state index is 14.3. The number of phenols is 1. The Morgan fingerprint density at radius 1 is 0.961 bits per heavy atom. The molecule has 3 aromatic rings. The summed E-state index contributed by atoms with van der Waals surface area (Å²) in [5.41, 5.74) is 1.13. The number of methoxy groups -OCH3 is 1. The highest BCUT2D eigenvalue weighted by molar-refractivity contribution is 7.91. The molecule has 1 heterocycles. The van der Waals surface area contributed by atoms with Gasteiger partial charge >= 0.3 is 0 Å². The SMILES string of the molecule is CCCCC1(CCCC)CN(c2ccccc2)c2cc(OC)c(OCC(=O)NCc3ccc(O)cc3C(=O)NCCS(=O)(=O)O)cc2S(=O)(=O)C1. The van der Waals surface area contributed by atoms with Gasteiger partial charge < -0.3 is 30.1 Å². The molecule has 4 N–H and O–H groups in total. The molecule has 15 heteroatoms. The lowest BCUT2D eigenvalue weighted by molar-refractivity contribution is -0.123. The lowest BCUT2D eigenvalue weighted by atomic mass is 9.79. The van der Waals surface area contributed by atoms with Gasteiger partial charge in [-0.3, -0.25) is 14.1 Å². The summed E-state index contributed by atoms with van der Waals surface area (Å²) in [5, 5.41) is 14.9. The third kappa shape index (κ3) is 10.6. The number of nitrogens with zero attached hydrogens (tertiary/aromatic N) is 1. The first-order valence-electron chi connectivity index (χ1n) is 16.9. The van der Waals surface area contributed by atoms with Crippen molar-refractivity contribution in [2.24, 2.45) is 5.41 Å². The van der Waals surface area contributed by atoms with E-state index in [1.807, 2.05) is 30.3 Å². The van der Waals surface area contributed by atoms with Crippen molar-refractivity contribution in [3.05, 3.63) is 71.8 Å². The second-order valence-corrected chi connectivity index (χ2v) is 16.3. The first-order valence-corrected chi connectivity index (χ1v) is 20.2. The predicted octanol–water partition coefficient (Wildman–Crippen LogP) is 5.01. The highest BCUT2D eigenvalue weighted by atomic mass is 32.2. The van der Waals surface area contributed by atoms with Crippen molar-refractivity contribution in [2.45, 2.75) is 63.8 Å². The Hall–Kier alpha value is -4.34. The van der Waals surface area contributed by atoms with E-state index in [1.165, 1.54) is 31.4 Å². The van der Waals surface area contributed by atoms with Gasteiger partial charge in [0.25, 0.3) is 21.9 Å². The first kappa shape index (κ1) is 39.4. The number of rotatable bonds is 17. The van der Waals surface area contributed by atoms with Gasteiger partial charge in [-0.05, 0) is 42.7 Å².